The van der Waals surface area contributed by atoms with Gasteiger partial charge >= 0.3 is 0 Å². The molecule has 0 amide bonds. The van der Waals surface area contributed by atoms with Crippen LogP contribution in [0.5, 0.6) is 0 Å². The quantitative estimate of drug-likeness (QED) is 0.630. The van der Waals surface area contributed by atoms with Gasteiger partial charge in [0.15, 0.2) is 0 Å². The molecule has 2 N–H and O–H groups in total. The Labute approximate surface area is 68.2 Å². The van der Waals surface area contributed by atoms with Crippen LogP contribution in [0.4, 0.5) is 0 Å². The summed E-state index contributed by atoms with van der Waals surface area (Å²) < 4.78 is 0. The maximum atomic E-state index is 8.94. The second-order valence-electron chi connectivity index (χ2n) is 3.91. The summed E-state index contributed by atoms with van der Waals surface area (Å²) >= 11 is 0. The second kappa shape index (κ2) is 4.07. The molecule has 0 aromatic rings. The fourth-order valence-corrected chi connectivity index (χ4v) is 2.20. The highest BCUT2D eigenvalue weighted by Gasteiger charge is 2.25. The summed E-state index contributed by atoms with van der Waals surface area (Å²) in [5, 5.41) is 17.9. The molecule has 2 unspecified atom stereocenters. The second-order valence-corrected chi connectivity index (χ2v) is 3.91. The summed E-state index contributed by atoms with van der Waals surface area (Å²) in [4.78, 5) is 0. The summed E-state index contributed by atoms with van der Waals surface area (Å²) in [6.07, 6.45) is 3.28. The van der Waals surface area contributed by atoms with E-state index in [-0.39, 0.29) is 0 Å². The van der Waals surface area contributed by atoms with Crippen molar-refractivity contribution in [2.45, 2.75) is 26.2 Å². The molecule has 0 heterocycles. The molecule has 2 heteroatoms. The van der Waals surface area contributed by atoms with Crippen molar-refractivity contribution in [1.29, 1.82) is 0 Å². The fourth-order valence-electron chi connectivity index (χ4n) is 2.20. The maximum absolute atomic E-state index is 8.94. The topological polar surface area (TPSA) is 40.5 Å². The SMILES string of the molecule is CC1CC(CO)CC(CO)C1. The monoisotopic (exact) mass is 158 g/mol. The fraction of sp³-hybridized carbons (Fsp3) is 1.00. The first-order valence-electron chi connectivity index (χ1n) is 4.48. The zero-order valence-corrected chi connectivity index (χ0v) is 7.16. The van der Waals surface area contributed by atoms with Gasteiger partial charge in [-0.05, 0) is 37.0 Å². The lowest BCUT2D eigenvalue weighted by atomic mass is 9.76. The van der Waals surface area contributed by atoms with Gasteiger partial charge in [0.1, 0.15) is 0 Å². The van der Waals surface area contributed by atoms with Gasteiger partial charge in [0.2, 0.25) is 0 Å². The summed E-state index contributed by atoms with van der Waals surface area (Å²) in [5.74, 6) is 1.56. The van der Waals surface area contributed by atoms with E-state index < -0.39 is 0 Å². The zero-order chi connectivity index (χ0) is 8.27. The molecule has 1 fully saturated rings. The van der Waals surface area contributed by atoms with Gasteiger partial charge in [-0.3, -0.25) is 0 Å². The Bertz CT molecular complexity index is 102. The molecule has 66 valence electrons. The van der Waals surface area contributed by atoms with E-state index in [0.29, 0.717) is 31.0 Å². The highest BCUT2D eigenvalue weighted by Crippen LogP contribution is 2.32. The molecule has 1 aliphatic rings. The Hall–Kier alpha value is -0.0800. The van der Waals surface area contributed by atoms with Crippen LogP contribution in [-0.2, 0) is 0 Å². The molecule has 11 heavy (non-hydrogen) atoms. The molecule has 2 nitrogen and oxygen atoms in total. The van der Waals surface area contributed by atoms with E-state index in [1.54, 1.807) is 0 Å². The van der Waals surface area contributed by atoms with E-state index >= 15 is 0 Å². The molecule has 1 saturated carbocycles. The van der Waals surface area contributed by atoms with Gasteiger partial charge < -0.3 is 10.2 Å². The van der Waals surface area contributed by atoms with Gasteiger partial charge in [-0.2, -0.15) is 0 Å². The van der Waals surface area contributed by atoms with Crippen LogP contribution in [-0.4, -0.2) is 23.4 Å². The van der Waals surface area contributed by atoms with Crippen LogP contribution < -0.4 is 0 Å². The summed E-state index contributed by atoms with van der Waals surface area (Å²) in [5.41, 5.74) is 0. The van der Waals surface area contributed by atoms with Crippen LogP contribution in [0.15, 0.2) is 0 Å². The van der Waals surface area contributed by atoms with Crippen molar-refractivity contribution in [2.24, 2.45) is 17.8 Å². The Morgan fingerprint density at radius 2 is 1.45 bits per heavy atom. The first kappa shape index (κ1) is 9.01. The van der Waals surface area contributed by atoms with Gasteiger partial charge in [-0.25, -0.2) is 0 Å². The van der Waals surface area contributed by atoms with E-state index in [4.69, 9.17) is 10.2 Å². The van der Waals surface area contributed by atoms with Crippen LogP contribution in [0.3, 0.4) is 0 Å². The molecule has 1 aliphatic carbocycles. The number of aliphatic hydroxyl groups is 2. The number of hydrogen-bond donors (Lipinski definition) is 2. The average Bonchev–Trinajstić information content (AvgIpc) is 2.03. The predicted octanol–water partition coefficient (Wildman–Crippen LogP) is 1.02. The van der Waals surface area contributed by atoms with Gasteiger partial charge in [-0.15, -0.1) is 0 Å². The molecular weight excluding hydrogens is 140 g/mol. The van der Waals surface area contributed by atoms with Crippen LogP contribution in [0.25, 0.3) is 0 Å². The van der Waals surface area contributed by atoms with Crippen LogP contribution in [0.1, 0.15) is 26.2 Å². The first-order chi connectivity index (χ1) is 5.26. The Morgan fingerprint density at radius 1 is 1.00 bits per heavy atom. The molecule has 0 radical (unpaired) electrons. The first-order valence-corrected chi connectivity index (χ1v) is 4.48. The zero-order valence-electron chi connectivity index (χ0n) is 7.16. The van der Waals surface area contributed by atoms with Crippen molar-refractivity contribution in [3.8, 4) is 0 Å². The van der Waals surface area contributed by atoms with Crippen molar-refractivity contribution in [2.75, 3.05) is 13.2 Å². The predicted molar refractivity (Wildman–Crippen MR) is 44.2 cm³/mol. The Morgan fingerprint density at radius 3 is 1.82 bits per heavy atom. The number of hydrogen-bond acceptors (Lipinski definition) is 2. The van der Waals surface area contributed by atoms with Gasteiger partial charge in [-0.1, -0.05) is 6.92 Å². The standard InChI is InChI=1S/C9H18O2/c1-7-2-8(5-10)4-9(3-7)6-11/h7-11H,2-6H2,1H3. The minimum absolute atomic E-state index is 0.292. The third-order valence-electron chi connectivity index (χ3n) is 2.65. The van der Waals surface area contributed by atoms with Crippen molar-refractivity contribution >= 4 is 0 Å². The van der Waals surface area contributed by atoms with E-state index in [0.717, 1.165) is 19.3 Å². The van der Waals surface area contributed by atoms with E-state index in [1.165, 1.54) is 0 Å². The minimum atomic E-state index is 0.292. The maximum Gasteiger partial charge on any atom is 0.0459 e. The van der Waals surface area contributed by atoms with Crippen LogP contribution in [0.2, 0.25) is 0 Å². The smallest absolute Gasteiger partial charge is 0.0459 e. The summed E-state index contributed by atoms with van der Waals surface area (Å²) in [6.45, 7) is 2.78. The van der Waals surface area contributed by atoms with Crippen LogP contribution >= 0.6 is 0 Å². The molecule has 2 atom stereocenters. The molecule has 0 aromatic carbocycles. The molecular formula is C9H18O2. The largest absolute Gasteiger partial charge is 0.396 e. The lowest BCUT2D eigenvalue weighted by Crippen LogP contribution is -2.25. The minimum Gasteiger partial charge on any atom is -0.396 e. The third-order valence-corrected chi connectivity index (χ3v) is 2.65. The molecule has 0 bridgehead atoms. The Balaban J connectivity index is 2.37. The van der Waals surface area contributed by atoms with E-state index in [1.807, 2.05) is 0 Å². The lowest BCUT2D eigenvalue weighted by molar-refractivity contribution is 0.0957. The average molecular weight is 158 g/mol. The highest BCUT2D eigenvalue weighted by atomic mass is 16.3. The molecule has 0 saturated heterocycles. The van der Waals surface area contributed by atoms with Crippen molar-refractivity contribution < 1.29 is 10.2 Å². The van der Waals surface area contributed by atoms with E-state index in [9.17, 15) is 0 Å². The summed E-state index contributed by atoms with van der Waals surface area (Å²) in [7, 11) is 0. The Kier molecular flexibility index (Phi) is 3.34. The van der Waals surface area contributed by atoms with Gasteiger partial charge in [0.25, 0.3) is 0 Å². The number of rotatable bonds is 2. The molecule has 1 rings (SSSR count). The normalized spacial score (nSPS) is 39.0. The molecule has 0 spiro atoms. The number of aliphatic hydroxyl groups excluding tert-OH is 2. The van der Waals surface area contributed by atoms with Gasteiger partial charge in [0, 0.05) is 13.2 Å². The lowest BCUT2D eigenvalue weighted by Gasteiger charge is -2.31. The van der Waals surface area contributed by atoms with E-state index in [2.05, 4.69) is 6.92 Å². The van der Waals surface area contributed by atoms with Crippen LogP contribution in [0, 0.1) is 17.8 Å². The van der Waals surface area contributed by atoms with Crippen molar-refractivity contribution in [1.82, 2.24) is 0 Å². The molecule has 0 aromatic heterocycles. The summed E-state index contributed by atoms with van der Waals surface area (Å²) in [6, 6.07) is 0. The van der Waals surface area contributed by atoms with Gasteiger partial charge in [0.05, 0.1) is 0 Å². The van der Waals surface area contributed by atoms with Crippen molar-refractivity contribution in [3.05, 3.63) is 0 Å². The molecule has 0 aliphatic heterocycles. The highest BCUT2D eigenvalue weighted by molar-refractivity contribution is 4.75. The third kappa shape index (κ3) is 2.46. The van der Waals surface area contributed by atoms with Crippen molar-refractivity contribution in [3.63, 3.8) is 0 Å².